The van der Waals surface area contributed by atoms with Crippen LogP contribution in [0.3, 0.4) is 0 Å². The minimum Gasteiger partial charge on any atom is -0.331 e. The Kier molecular flexibility index (Phi) is 4.97. The van der Waals surface area contributed by atoms with Crippen molar-refractivity contribution in [3.8, 4) is 0 Å². The number of hydrazone groups is 1. The minimum absolute atomic E-state index is 0.105. The summed E-state index contributed by atoms with van der Waals surface area (Å²) in [4.78, 5) is 12.7. The van der Waals surface area contributed by atoms with Crippen molar-refractivity contribution in [2.45, 2.75) is 56.4 Å². The molecule has 4 saturated carbocycles. The Morgan fingerprint density at radius 2 is 1.70 bits per heavy atom. The molecule has 156 valence electrons. The molecule has 4 aliphatic rings. The van der Waals surface area contributed by atoms with Crippen LogP contribution in [0.5, 0.6) is 0 Å². The van der Waals surface area contributed by atoms with Crippen molar-refractivity contribution in [1.29, 1.82) is 0 Å². The second-order valence-corrected chi connectivity index (χ2v) is 10.7. The Bertz CT molecular complexity index is 953. The van der Waals surface area contributed by atoms with Crippen molar-refractivity contribution in [2.75, 3.05) is 0 Å². The van der Waals surface area contributed by atoms with Crippen LogP contribution in [0.1, 0.15) is 55.2 Å². The molecule has 0 radical (unpaired) electrons. The summed E-state index contributed by atoms with van der Waals surface area (Å²) in [5, 5.41) is 7.51. The number of halogens is 1. The van der Waals surface area contributed by atoms with Gasteiger partial charge in [0.25, 0.3) is 0 Å². The molecule has 0 aromatic heterocycles. The molecule has 4 nitrogen and oxygen atoms in total. The van der Waals surface area contributed by atoms with Gasteiger partial charge < -0.3 is 5.32 Å². The van der Waals surface area contributed by atoms with E-state index in [2.05, 4.69) is 63.0 Å². The number of benzene rings is 2. The molecule has 2 aromatic carbocycles. The first-order valence-electron chi connectivity index (χ1n) is 10.9. The van der Waals surface area contributed by atoms with Crippen LogP contribution >= 0.6 is 15.9 Å². The topological polar surface area (TPSA) is 53.5 Å². The molecule has 0 saturated heterocycles. The zero-order valence-corrected chi connectivity index (χ0v) is 18.9. The van der Waals surface area contributed by atoms with Gasteiger partial charge in [-0.05, 0) is 86.0 Å². The first-order chi connectivity index (χ1) is 14.4. The number of amides is 2. The molecule has 5 heteroatoms. The highest BCUT2D eigenvalue weighted by molar-refractivity contribution is 9.10. The van der Waals surface area contributed by atoms with Crippen LogP contribution in [0.2, 0.25) is 0 Å². The van der Waals surface area contributed by atoms with Gasteiger partial charge in [0, 0.05) is 10.0 Å². The third-order valence-electron chi connectivity index (χ3n) is 7.35. The fourth-order valence-electron chi connectivity index (χ4n) is 6.64. The summed E-state index contributed by atoms with van der Waals surface area (Å²) < 4.78 is 1.02. The van der Waals surface area contributed by atoms with Crippen LogP contribution in [0.25, 0.3) is 0 Å². The predicted molar refractivity (Wildman–Crippen MR) is 124 cm³/mol. The second-order valence-electron chi connectivity index (χ2n) is 9.76. The van der Waals surface area contributed by atoms with Gasteiger partial charge in [-0.2, -0.15) is 5.10 Å². The van der Waals surface area contributed by atoms with Crippen LogP contribution in [0, 0.1) is 18.8 Å². The zero-order valence-electron chi connectivity index (χ0n) is 17.3. The van der Waals surface area contributed by atoms with E-state index in [4.69, 9.17) is 0 Å². The molecular weight excluding hydrogens is 438 g/mol. The highest BCUT2D eigenvalue weighted by Gasteiger charge is 2.58. The van der Waals surface area contributed by atoms with Gasteiger partial charge in [-0.25, -0.2) is 10.2 Å². The van der Waals surface area contributed by atoms with Gasteiger partial charge in [0.2, 0.25) is 0 Å². The second kappa shape index (κ2) is 7.52. The van der Waals surface area contributed by atoms with Crippen molar-refractivity contribution in [3.63, 3.8) is 0 Å². The van der Waals surface area contributed by atoms with Crippen molar-refractivity contribution in [1.82, 2.24) is 10.7 Å². The van der Waals surface area contributed by atoms with E-state index < -0.39 is 0 Å². The summed E-state index contributed by atoms with van der Waals surface area (Å²) in [6.45, 7) is 2.14. The van der Waals surface area contributed by atoms with Crippen molar-refractivity contribution in [3.05, 3.63) is 69.7 Å². The quantitative estimate of drug-likeness (QED) is 0.442. The number of urea groups is 1. The third-order valence-corrected chi connectivity index (χ3v) is 7.88. The zero-order chi connectivity index (χ0) is 20.8. The number of carbonyl (C=O) groups excluding carboxylic acids is 1. The molecule has 0 aliphatic heterocycles. The SMILES string of the molecule is Cc1ccc(C23CC4CC(CC(NC(=O)NN=Cc5ccc(Br)cc5)(C4)C2)C3)cc1. The molecule has 4 bridgehead atoms. The highest BCUT2D eigenvalue weighted by atomic mass is 79.9. The molecule has 4 aliphatic carbocycles. The molecule has 0 heterocycles. The number of carbonyl (C=O) groups is 1. The predicted octanol–water partition coefficient (Wildman–Crippen LogP) is 5.68. The molecule has 2 unspecified atom stereocenters. The fourth-order valence-corrected chi connectivity index (χ4v) is 6.90. The number of aryl methyl sites for hydroxylation is 1. The lowest BCUT2D eigenvalue weighted by Gasteiger charge is -2.62. The van der Waals surface area contributed by atoms with E-state index in [1.807, 2.05) is 24.3 Å². The Morgan fingerprint density at radius 3 is 2.37 bits per heavy atom. The monoisotopic (exact) mass is 465 g/mol. The fraction of sp³-hybridized carbons (Fsp3) is 0.440. The Hall–Kier alpha value is -2.14. The molecule has 2 atom stereocenters. The Labute approximate surface area is 186 Å². The van der Waals surface area contributed by atoms with Gasteiger partial charge in [0.15, 0.2) is 0 Å². The highest BCUT2D eigenvalue weighted by Crippen LogP contribution is 2.62. The largest absolute Gasteiger partial charge is 0.335 e. The molecule has 30 heavy (non-hydrogen) atoms. The van der Waals surface area contributed by atoms with Gasteiger partial charge in [-0.1, -0.05) is 57.9 Å². The van der Waals surface area contributed by atoms with Crippen LogP contribution in [-0.2, 0) is 5.41 Å². The van der Waals surface area contributed by atoms with Crippen molar-refractivity contribution in [2.24, 2.45) is 16.9 Å². The van der Waals surface area contributed by atoms with Crippen molar-refractivity contribution < 1.29 is 4.79 Å². The molecule has 2 N–H and O–H groups in total. The molecular formula is C25H28BrN3O. The lowest BCUT2D eigenvalue weighted by atomic mass is 9.45. The van der Waals surface area contributed by atoms with Gasteiger partial charge >= 0.3 is 6.03 Å². The average molecular weight is 466 g/mol. The average Bonchev–Trinajstić information content (AvgIpc) is 2.68. The first kappa shape index (κ1) is 19.8. The van der Waals surface area contributed by atoms with Crippen LogP contribution in [0.4, 0.5) is 4.79 Å². The van der Waals surface area contributed by atoms with E-state index in [-0.39, 0.29) is 17.0 Å². The number of rotatable bonds is 4. The molecule has 4 fully saturated rings. The van der Waals surface area contributed by atoms with Crippen molar-refractivity contribution >= 4 is 28.2 Å². The Morgan fingerprint density at radius 1 is 1.03 bits per heavy atom. The summed E-state index contributed by atoms with van der Waals surface area (Å²) in [6.07, 6.45) is 8.76. The number of hydrogen-bond donors (Lipinski definition) is 2. The van der Waals surface area contributed by atoms with E-state index in [1.165, 1.54) is 30.4 Å². The minimum atomic E-state index is -0.190. The number of hydrogen-bond acceptors (Lipinski definition) is 2. The van der Waals surface area contributed by atoms with Crippen LogP contribution < -0.4 is 10.7 Å². The number of nitrogens with zero attached hydrogens (tertiary/aromatic N) is 1. The van der Waals surface area contributed by atoms with E-state index >= 15 is 0 Å². The number of nitrogens with one attached hydrogen (secondary N) is 2. The molecule has 2 aromatic rings. The molecule has 2 amide bonds. The molecule has 6 rings (SSSR count). The summed E-state index contributed by atoms with van der Waals surface area (Å²) in [6, 6.07) is 16.7. The summed E-state index contributed by atoms with van der Waals surface area (Å²) >= 11 is 3.42. The summed E-state index contributed by atoms with van der Waals surface area (Å²) in [5.41, 5.74) is 6.51. The third kappa shape index (κ3) is 3.80. The standard InChI is InChI=1S/C25H28BrN3O/c1-17-2-6-21(7-3-17)24-11-19-10-20(12-24)14-25(13-19,16-24)28-23(30)29-27-15-18-4-8-22(26)9-5-18/h2-9,15,19-20H,10-14,16H2,1H3,(H2,28,29,30). The first-order valence-corrected chi connectivity index (χ1v) is 11.7. The lowest BCUT2D eigenvalue weighted by Crippen LogP contribution is -2.65. The Balaban J connectivity index is 1.30. The lowest BCUT2D eigenvalue weighted by molar-refractivity contribution is -0.0349. The maximum atomic E-state index is 12.7. The van der Waals surface area contributed by atoms with Crippen LogP contribution in [0.15, 0.2) is 58.1 Å². The maximum Gasteiger partial charge on any atom is 0.335 e. The van der Waals surface area contributed by atoms with E-state index in [1.54, 1.807) is 6.21 Å². The van der Waals surface area contributed by atoms with Gasteiger partial charge in [0.05, 0.1) is 6.21 Å². The summed E-state index contributed by atoms with van der Waals surface area (Å²) in [7, 11) is 0. The van der Waals surface area contributed by atoms with E-state index in [0.717, 1.165) is 29.3 Å². The smallest absolute Gasteiger partial charge is 0.331 e. The maximum absolute atomic E-state index is 12.7. The molecule has 0 spiro atoms. The normalized spacial score (nSPS) is 31.8. The van der Waals surface area contributed by atoms with Crippen LogP contribution in [-0.4, -0.2) is 17.8 Å². The van der Waals surface area contributed by atoms with Gasteiger partial charge in [0.1, 0.15) is 0 Å². The van der Waals surface area contributed by atoms with Gasteiger partial charge in [-0.3, -0.25) is 0 Å². The van der Waals surface area contributed by atoms with Gasteiger partial charge in [-0.15, -0.1) is 0 Å². The van der Waals surface area contributed by atoms with E-state index in [9.17, 15) is 4.79 Å². The summed E-state index contributed by atoms with van der Waals surface area (Å²) in [5.74, 6) is 1.42. The van der Waals surface area contributed by atoms with E-state index in [0.29, 0.717) is 11.8 Å².